The molecule has 3 heteroatoms. The van der Waals surface area contributed by atoms with Crippen molar-refractivity contribution in [2.45, 2.75) is 38.0 Å². The maximum atomic E-state index is 11.2. The number of para-hydroxylation sites is 1. The molecule has 1 aromatic heterocycles. The lowest BCUT2D eigenvalue weighted by atomic mass is 9.84. The van der Waals surface area contributed by atoms with Crippen LogP contribution in [-0.2, 0) is 0 Å². The van der Waals surface area contributed by atoms with Crippen molar-refractivity contribution in [3.05, 3.63) is 71.9 Å². The van der Waals surface area contributed by atoms with Gasteiger partial charge in [-0.2, -0.15) is 5.10 Å². The highest BCUT2D eigenvalue weighted by atomic mass is 16.1. The molecule has 25 heavy (non-hydrogen) atoms. The number of hydrogen-bond donors (Lipinski definition) is 0. The first-order chi connectivity index (χ1) is 12.3. The van der Waals surface area contributed by atoms with Gasteiger partial charge in [0.25, 0.3) is 0 Å². The average molecular weight is 330 g/mol. The van der Waals surface area contributed by atoms with Gasteiger partial charge < -0.3 is 0 Å². The van der Waals surface area contributed by atoms with Crippen LogP contribution in [0.1, 0.15) is 54.1 Å². The Morgan fingerprint density at radius 2 is 1.64 bits per heavy atom. The molecule has 0 amide bonds. The van der Waals surface area contributed by atoms with Crippen LogP contribution in [0.2, 0.25) is 0 Å². The van der Waals surface area contributed by atoms with E-state index >= 15 is 0 Å². The molecular formula is C22H22N2O. The maximum absolute atomic E-state index is 11.2. The van der Waals surface area contributed by atoms with Gasteiger partial charge in [-0.25, -0.2) is 4.68 Å². The molecule has 0 saturated heterocycles. The van der Waals surface area contributed by atoms with Crippen molar-refractivity contribution in [1.29, 1.82) is 0 Å². The minimum Gasteiger partial charge on any atom is -0.296 e. The van der Waals surface area contributed by atoms with Crippen LogP contribution in [0.3, 0.4) is 0 Å². The van der Waals surface area contributed by atoms with Gasteiger partial charge in [0.15, 0.2) is 6.29 Å². The summed E-state index contributed by atoms with van der Waals surface area (Å²) in [6, 6.07) is 20.6. The van der Waals surface area contributed by atoms with Crippen molar-refractivity contribution in [2.75, 3.05) is 0 Å². The molecule has 0 spiro atoms. The number of carbonyl (C=O) groups excluding carboxylic acids is 1. The lowest BCUT2D eigenvalue weighted by molar-refractivity contribution is 0.111. The third-order valence-electron chi connectivity index (χ3n) is 5.13. The summed E-state index contributed by atoms with van der Waals surface area (Å²) in [4.78, 5) is 11.2. The number of benzene rings is 2. The number of aromatic nitrogens is 2. The molecule has 0 aliphatic heterocycles. The molecule has 1 aliphatic rings. The number of nitrogens with zero attached hydrogens (tertiary/aromatic N) is 2. The third-order valence-corrected chi connectivity index (χ3v) is 5.13. The van der Waals surface area contributed by atoms with Crippen LogP contribution in [0.4, 0.5) is 0 Å². The molecule has 0 radical (unpaired) electrons. The van der Waals surface area contributed by atoms with Gasteiger partial charge in [0.1, 0.15) is 5.69 Å². The summed E-state index contributed by atoms with van der Waals surface area (Å²) in [6.07, 6.45) is 7.47. The standard InChI is InChI=1S/C22H22N2O/c25-16-20-15-22(24(23-20)21-9-5-2-6-10-21)19-13-11-18(12-14-19)17-7-3-1-4-8-17/h2,5-6,9-17H,1,3-4,7-8H2. The van der Waals surface area contributed by atoms with Gasteiger partial charge in [0, 0.05) is 5.56 Å². The minimum absolute atomic E-state index is 0.454. The van der Waals surface area contributed by atoms with Crippen molar-refractivity contribution in [1.82, 2.24) is 9.78 Å². The number of hydrogen-bond acceptors (Lipinski definition) is 2. The molecule has 1 aliphatic carbocycles. The first-order valence-corrected chi connectivity index (χ1v) is 9.06. The highest BCUT2D eigenvalue weighted by molar-refractivity contribution is 5.76. The van der Waals surface area contributed by atoms with E-state index in [9.17, 15) is 4.79 Å². The predicted molar refractivity (Wildman–Crippen MR) is 100 cm³/mol. The van der Waals surface area contributed by atoms with Crippen LogP contribution in [0, 0.1) is 0 Å². The van der Waals surface area contributed by atoms with Crippen LogP contribution in [-0.4, -0.2) is 16.1 Å². The van der Waals surface area contributed by atoms with Gasteiger partial charge in [0.05, 0.1) is 11.4 Å². The molecule has 1 saturated carbocycles. The summed E-state index contributed by atoms with van der Waals surface area (Å²) < 4.78 is 1.85. The summed E-state index contributed by atoms with van der Waals surface area (Å²) in [6.45, 7) is 0. The monoisotopic (exact) mass is 330 g/mol. The van der Waals surface area contributed by atoms with Gasteiger partial charge in [-0.05, 0) is 42.5 Å². The van der Waals surface area contributed by atoms with E-state index in [1.807, 2.05) is 41.1 Å². The van der Waals surface area contributed by atoms with Gasteiger partial charge in [-0.15, -0.1) is 0 Å². The summed E-state index contributed by atoms with van der Waals surface area (Å²) in [5, 5.41) is 4.44. The van der Waals surface area contributed by atoms with Gasteiger partial charge in [-0.1, -0.05) is 61.7 Å². The Morgan fingerprint density at radius 3 is 2.32 bits per heavy atom. The van der Waals surface area contributed by atoms with Gasteiger partial charge in [0.2, 0.25) is 0 Å². The fourth-order valence-corrected chi connectivity index (χ4v) is 3.79. The smallest absolute Gasteiger partial charge is 0.170 e. The zero-order chi connectivity index (χ0) is 17.1. The molecule has 0 atom stereocenters. The number of aldehydes is 1. The first-order valence-electron chi connectivity index (χ1n) is 9.06. The van der Waals surface area contributed by atoms with E-state index in [2.05, 4.69) is 29.4 Å². The molecule has 3 aromatic rings. The lowest BCUT2D eigenvalue weighted by Crippen LogP contribution is -2.04. The van der Waals surface area contributed by atoms with Crippen LogP contribution in [0.5, 0.6) is 0 Å². The van der Waals surface area contributed by atoms with Crippen molar-refractivity contribution in [3.8, 4) is 16.9 Å². The van der Waals surface area contributed by atoms with E-state index in [0.717, 1.165) is 23.2 Å². The number of rotatable bonds is 4. The average Bonchev–Trinajstić information content (AvgIpc) is 3.14. The van der Waals surface area contributed by atoms with Crippen LogP contribution >= 0.6 is 0 Å². The molecule has 4 rings (SSSR count). The highest BCUT2D eigenvalue weighted by Crippen LogP contribution is 2.34. The summed E-state index contributed by atoms with van der Waals surface area (Å²) in [5.41, 5.74) is 4.88. The second kappa shape index (κ2) is 7.06. The zero-order valence-corrected chi connectivity index (χ0v) is 14.3. The fraction of sp³-hybridized carbons (Fsp3) is 0.273. The topological polar surface area (TPSA) is 34.9 Å². The second-order valence-corrected chi connectivity index (χ2v) is 6.78. The van der Waals surface area contributed by atoms with Crippen molar-refractivity contribution >= 4 is 6.29 Å². The minimum atomic E-state index is 0.454. The van der Waals surface area contributed by atoms with E-state index in [4.69, 9.17) is 0 Å². The van der Waals surface area contributed by atoms with Gasteiger partial charge >= 0.3 is 0 Å². The Balaban J connectivity index is 1.69. The van der Waals surface area contributed by atoms with Gasteiger partial charge in [-0.3, -0.25) is 4.79 Å². The third kappa shape index (κ3) is 3.27. The Kier molecular flexibility index (Phi) is 4.47. The van der Waals surface area contributed by atoms with Crippen molar-refractivity contribution < 1.29 is 4.79 Å². The molecule has 126 valence electrons. The summed E-state index contributed by atoms with van der Waals surface area (Å²) in [7, 11) is 0. The molecule has 0 bridgehead atoms. The predicted octanol–water partition coefficient (Wildman–Crippen LogP) is 5.40. The fourth-order valence-electron chi connectivity index (χ4n) is 3.79. The molecule has 0 unspecified atom stereocenters. The highest BCUT2D eigenvalue weighted by Gasteiger charge is 2.16. The Bertz CT molecular complexity index is 843. The van der Waals surface area contributed by atoms with Crippen LogP contribution < -0.4 is 0 Å². The first kappa shape index (κ1) is 15.8. The Labute approximate surface area is 148 Å². The lowest BCUT2D eigenvalue weighted by Gasteiger charge is -2.22. The molecule has 3 nitrogen and oxygen atoms in total. The van der Waals surface area contributed by atoms with E-state index in [1.54, 1.807) is 0 Å². The van der Waals surface area contributed by atoms with Crippen LogP contribution in [0.15, 0.2) is 60.7 Å². The second-order valence-electron chi connectivity index (χ2n) is 6.78. The Morgan fingerprint density at radius 1 is 0.920 bits per heavy atom. The molecular weight excluding hydrogens is 308 g/mol. The van der Waals surface area contributed by atoms with E-state index in [1.165, 1.54) is 37.7 Å². The van der Waals surface area contributed by atoms with E-state index in [0.29, 0.717) is 11.6 Å². The SMILES string of the molecule is O=Cc1cc(-c2ccc(C3CCCCC3)cc2)n(-c2ccccc2)n1. The van der Waals surface area contributed by atoms with Crippen LogP contribution in [0.25, 0.3) is 16.9 Å². The molecule has 0 N–H and O–H groups in total. The number of carbonyl (C=O) groups is 1. The summed E-state index contributed by atoms with van der Waals surface area (Å²) in [5.74, 6) is 0.701. The Hall–Kier alpha value is -2.68. The van der Waals surface area contributed by atoms with Crippen molar-refractivity contribution in [3.63, 3.8) is 0 Å². The molecule has 1 heterocycles. The molecule has 2 aromatic carbocycles. The largest absolute Gasteiger partial charge is 0.296 e. The zero-order valence-electron chi connectivity index (χ0n) is 14.3. The molecule has 1 fully saturated rings. The maximum Gasteiger partial charge on any atom is 0.170 e. The van der Waals surface area contributed by atoms with E-state index in [-0.39, 0.29) is 0 Å². The summed E-state index contributed by atoms with van der Waals surface area (Å²) >= 11 is 0. The van der Waals surface area contributed by atoms with Crippen molar-refractivity contribution in [2.24, 2.45) is 0 Å². The van der Waals surface area contributed by atoms with E-state index < -0.39 is 0 Å². The quantitative estimate of drug-likeness (QED) is 0.600. The normalized spacial score (nSPS) is 15.2.